The van der Waals surface area contributed by atoms with Crippen LogP contribution in [0.25, 0.3) is 27.2 Å². The summed E-state index contributed by atoms with van der Waals surface area (Å²) in [5, 5.41) is 13.3. The van der Waals surface area contributed by atoms with E-state index in [2.05, 4.69) is 20.3 Å². The van der Waals surface area contributed by atoms with E-state index in [9.17, 15) is 0 Å². The highest BCUT2D eigenvalue weighted by Crippen LogP contribution is 2.27. The van der Waals surface area contributed by atoms with Crippen molar-refractivity contribution in [1.82, 2.24) is 24.8 Å². The molecule has 4 heterocycles. The fourth-order valence-corrected chi connectivity index (χ4v) is 2.53. The zero-order valence-electron chi connectivity index (χ0n) is 9.77. The fourth-order valence-electron chi connectivity index (χ4n) is 1.74. The van der Waals surface area contributed by atoms with Crippen molar-refractivity contribution in [3.8, 4) is 22.3 Å². The van der Waals surface area contributed by atoms with Gasteiger partial charge in [0, 0.05) is 6.92 Å². The number of rotatable bonds is 2. The third-order valence-electron chi connectivity index (χ3n) is 2.57. The molecule has 8 heteroatoms. The number of furan rings is 1. The molecule has 0 amide bonds. The molecule has 0 radical (unpaired) electrons. The summed E-state index contributed by atoms with van der Waals surface area (Å²) in [7, 11) is 0. The predicted octanol–water partition coefficient (Wildman–Crippen LogP) is 2.41. The fraction of sp³-hybridized carbons (Fsp3) is 0.0909. The molecular weight excluding hydrogens is 266 g/mol. The molecule has 4 aromatic heterocycles. The third-order valence-corrected chi connectivity index (χ3v) is 3.49. The maximum atomic E-state index is 5.31. The molecule has 0 spiro atoms. The summed E-state index contributed by atoms with van der Waals surface area (Å²) in [6.45, 7) is 1.79. The monoisotopic (exact) mass is 273 g/mol. The molecule has 7 nitrogen and oxygen atoms in total. The summed E-state index contributed by atoms with van der Waals surface area (Å²) in [6, 6.07) is 3.61. The highest BCUT2D eigenvalue weighted by atomic mass is 32.1. The second-order valence-corrected chi connectivity index (χ2v) is 4.81. The molecule has 94 valence electrons. The molecule has 0 N–H and O–H groups in total. The van der Waals surface area contributed by atoms with Crippen molar-refractivity contribution in [1.29, 1.82) is 0 Å². The Morgan fingerprint density at radius 2 is 2.21 bits per heavy atom. The van der Waals surface area contributed by atoms with Gasteiger partial charge in [0.15, 0.2) is 16.7 Å². The van der Waals surface area contributed by atoms with Gasteiger partial charge in [0.25, 0.3) is 0 Å². The summed E-state index contributed by atoms with van der Waals surface area (Å²) in [4.78, 5) is 4.93. The second-order valence-electron chi connectivity index (χ2n) is 3.85. The van der Waals surface area contributed by atoms with Gasteiger partial charge in [-0.3, -0.25) is 0 Å². The smallest absolute Gasteiger partial charge is 0.235 e. The number of nitrogens with zero attached hydrogens (tertiary/aromatic N) is 5. The quantitative estimate of drug-likeness (QED) is 0.557. The van der Waals surface area contributed by atoms with Gasteiger partial charge in [-0.15, -0.1) is 10.2 Å². The zero-order chi connectivity index (χ0) is 12.8. The minimum atomic E-state index is 0.572. The third kappa shape index (κ3) is 1.57. The lowest BCUT2D eigenvalue weighted by Gasteiger charge is -1.89. The number of oxazole rings is 1. The molecular formula is C11H7N5O2S. The van der Waals surface area contributed by atoms with E-state index in [1.54, 1.807) is 30.0 Å². The Labute approximate surface area is 110 Å². The summed E-state index contributed by atoms with van der Waals surface area (Å²) < 4.78 is 12.1. The Bertz CT molecular complexity index is 842. The first-order valence-corrected chi connectivity index (χ1v) is 6.31. The number of fused-ring (bicyclic) bond motifs is 1. The van der Waals surface area contributed by atoms with Gasteiger partial charge in [-0.1, -0.05) is 11.3 Å². The molecule has 0 aliphatic rings. The number of hydrogen-bond donors (Lipinski definition) is 0. The van der Waals surface area contributed by atoms with Crippen molar-refractivity contribution in [3.05, 3.63) is 30.5 Å². The molecule has 0 bridgehead atoms. The average Bonchev–Trinajstić information content (AvgIpc) is 3.11. The first kappa shape index (κ1) is 10.4. The Morgan fingerprint density at radius 1 is 1.26 bits per heavy atom. The molecule has 0 aromatic carbocycles. The standard InChI is InChI=1S/C11H7N5O2S/c1-6-12-7(5-18-6)10-15-16-9(8-3-2-4-17-8)13-14-11(16)19-10/h2-5H,1H3. The van der Waals surface area contributed by atoms with E-state index >= 15 is 0 Å². The topological polar surface area (TPSA) is 82.2 Å². The van der Waals surface area contributed by atoms with Gasteiger partial charge < -0.3 is 8.83 Å². The van der Waals surface area contributed by atoms with Crippen LogP contribution in [0.3, 0.4) is 0 Å². The van der Waals surface area contributed by atoms with Crippen LogP contribution < -0.4 is 0 Å². The van der Waals surface area contributed by atoms with Crippen LogP contribution in [-0.4, -0.2) is 24.8 Å². The Hall–Kier alpha value is -2.48. The second kappa shape index (κ2) is 3.75. The van der Waals surface area contributed by atoms with Gasteiger partial charge >= 0.3 is 0 Å². The lowest BCUT2D eigenvalue weighted by atomic mass is 10.4. The van der Waals surface area contributed by atoms with Crippen molar-refractivity contribution in [2.75, 3.05) is 0 Å². The van der Waals surface area contributed by atoms with Crippen LogP contribution >= 0.6 is 11.3 Å². The van der Waals surface area contributed by atoms with Gasteiger partial charge in [-0.05, 0) is 12.1 Å². The number of hydrogen-bond acceptors (Lipinski definition) is 7. The zero-order valence-corrected chi connectivity index (χ0v) is 10.6. The van der Waals surface area contributed by atoms with Gasteiger partial charge in [0.1, 0.15) is 12.0 Å². The summed E-state index contributed by atoms with van der Waals surface area (Å²) >= 11 is 1.40. The maximum absolute atomic E-state index is 5.31. The van der Waals surface area contributed by atoms with Gasteiger partial charge in [0.05, 0.1) is 6.26 Å². The molecule has 0 atom stereocenters. The summed E-state index contributed by atoms with van der Waals surface area (Å²) in [5.74, 6) is 1.80. The van der Waals surface area contributed by atoms with Crippen LogP contribution in [0.5, 0.6) is 0 Å². The highest BCUT2D eigenvalue weighted by molar-refractivity contribution is 7.19. The van der Waals surface area contributed by atoms with Gasteiger partial charge in [-0.2, -0.15) is 9.61 Å². The summed E-state index contributed by atoms with van der Waals surface area (Å²) in [5.41, 5.74) is 0.693. The normalized spacial score (nSPS) is 11.4. The van der Waals surface area contributed by atoms with E-state index < -0.39 is 0 Å². The SMILES string of the molecule is Cc1nc(-c2nn3c(-c4ccco4)nnc3s2)co1. The van der Waals surface area contributed by atoms with Crippen LogP contribution in [0.2, 0.25) is 0 Å². The van der Waals surface area contributed by atoms with Crippen LogP contribution in [0, 0.1) is 6.92 Å². The van der Waals surface area contributed by atoms with Crippen molar-refractivity contribution in [2.24, 2.45) is 0 Å². The molecule has 4 aromatic rings. The van der Waals surface area contributed by atoms with E-state index in [1.807, 2.05) is 6.07 Å². The van der Waals surface area contributed by atoms with E-state index in [4.69, 9.17) is 8.83 Å². The van der Waals surface area contributed by atoms with E-state index in [-0.39, 0.29) is 0 Å². The van der Waals surface area contributed by atoms with Crippen molar-refractivity contribution in [3.63, 3.8) is 0 Å². The molecule has 4 rings (SSSR count). The van der Waals surface area contributed by atoms with Crippen molar-refractivity contribution >= 4 is 16.3 Å². The molecule has 0 aliphatic carbocycles. The molecule has 0 saturated carbocycles. The Kier molecular flexibility index (Phi) is 2.06. The van der Waals surface area contributed by atoms with Crippen LogP contribution in [0.15, 0.2) is 33.5 Å². The van der Waals surface area contributed by atoms with E-state index in [0.29, 0.717) is 28.1 Å². The van der Waals surface area contributed by atoms with Crippen molar-refractivity contribution in [2.45, 2.75) is 6.92 Å². The molecule has 0 fully saturated rings. The molecule has 19 heavy (non-hydrogen) atoms. The van der Waals surface area contributed by atoms with Gasteiger partial charge in [-0.25, -0.2) is 4.98 Å². The first-order valence-electron chi connectivity index (χ1n) is 5.50. The van der Waals surface area contributed by atoms with Crippen molar-refractivity contribution < 1.29 is 8.83 Å². The Balaban J connectivity index is 1.89. The van der Waals surface area contributed by atoms with Crippen LogP contribution in [-0.2, 0) is 0 Å². The largest absolute Gasteiger partial charge is 0.461 e. The average molecular weight is 273 g/mol. The highest BCUT2D eigenvalue weighted by Gasteiger charge is 2.17. The Morgan fingerprint density at radius 3 is 2.95 bits per heavy atom. The first-order chi connectivity index (χ1) is 9.31. The lowest BCUT2D eigenvalue weighted by molar-refractivity contribution is 0.521. The maximum Gasteiger partial charge on any atom is 0.235 e. The van der Waals surface area contributed by atoms with E-state index in [1.165, 1.54) is 11.3 Å². The number of aryl methyl sites for hydroxylation is 1. The van der Waals surface area contributed by atoms with E-state index in [0.717, 1.165) is 5.01 Å². The number of aromatic nitrogens is 5. The predicted molar refractivity (Wildman–Crippen MR) is 66.6 cm³/mol. The molecule has 0 unspecified atom stereocenters. The van der Waals surface area contributed by atoms with Gasteiger partial charge in [0.2, 0.25) is 10.8 Å². The lowest BCUT2D eigenvalue weighted by Crippen LogP contribution is -1.89. The van der Waals surface area contributed by atoms with Crippen LogP contribution in [0.4, 0.5) is 0 Å². The minimum absolute atomic E-state index is 0.572. The molecule has 0 saturated heterocycles. The molecule has 0 aliphatic heterocycles. The van der Waals surface area contributed by atoms with Crippen LogP contribution in [0.1, 0.15) is 5.89 Å². The summed E-state index contributed by atoms with van der Waals surface area (Å²) in [6.07, 6.45) is 3.16. The minimum Gasteiger partial charge on any atom is -0.461 e.